The van der Waals surface area contributed by atoms with E-state index in [4.69, 9.17) is 0 Å². The molecule has 3 aromatic carbocycles. The van der Waals surface area contributed by atoms with Crippen molar-refractivity contribution in [3.05, 3.63) is 115 Å². The van der Waals surface area contributed by atoms with Gasteiger partial charge in [0.25, 0.3) is 0 Å². The highest BCUT2D eigenvalue weighted by Crippen LogP contribution is 2.43. The van der Waals surface area contributed by atoms with Crippen molar-refractivity contribution in [3.8, 4) is 11.1 Å². The van der Waals surface area contributed by atoms with E-state index in [2.05, 4.69) is 28.7 Å². The molecule has 0 saturated carbocycles. The first-order chi connectivity index (χ1) is 19.5. The molecule has 0 saturated heterocycles. The maximum Gasteiger partial charge on any atom is 0.441 e. The number of allylic oxidation sites excluding steroid dienone is 4. The van der Waals surface area contributed by atoms with Gasteiger partial charge in [-0.05, 0) is 40.4 Å². The summed E-state index contributed by atoms with van der Waals surface area (Å²) < 4.78 is 94.6. The van der Waals surface area contributed by atoms with Crippen LogP contribution in [0.25, 0.3) is 21.9 Å². The van der Waals surface area contributed by atoms with Crippen molar-refractivity contribution in [2.45, 2.75) is 12.4 Å². The van der Waals surface area contributed by atoms with Crippen molar-refractivity contribution < 1.29 is 30.7 Å². The van der Waals surface area contributed by atoms with Crippen molar-refractivity contribution in [3.63, 3.8) is 0 Å². The third-order valence-electron chi connectivity index (χ3n) is 6.74. The quantitative estimate of drug-likeness (QED) is 0.112. The third-order valence-corrected chi connectivity index (χ3v) is 6.74. The lowest BCUT2D eigenvalue weighted by Gasteiger charge is -2.25. The molecule has 41 heavy (non-hydrogen) atoms. The van der Waals surface area contributed by atoms with Gasteiger partial charge >= 0.3 is 20.0 Å². The van der Waals surface area contributed by atoms with Crippen LogP contribution >= 0.6 is 0 Å². The summed E-state index contributed by atoms with van der Waals surface area (Å²) in [6.45, 7) is 6.85. The Bertz CT molecular complexity index is 1540. The molecule has 0 fully saturated rings. The molecule has 2 unspecified atom stereocenters. The molecule has 0 aromatic heterocycles. The van der Waals surface area contributed by atoms with E-state index >= 15 is 0 Å². The van der Waals surface area contributed by atoms with Gasteiger partial charge in [-0.25, -0.2) is 0 Å². The van der Waals surface area contributed by atoms with Crippen LogP contribution in [0, 0.1) is 11.8 Å². The third kappa shape index (κ3) is 6.24. The Morgan fingerprint density at radius 1 is 0.927 bits per heavy atom. The topological polar surface area (TPSA) is 36.4 Å². The van der Waals surface area contributed by atoms with Gasteiger partial charge in [0, 0.05) is 22.6 Å². The summed E-state index contributed by atoms with van der Waals surface area (Å²) >= 11 is 0. The first-order valence-electron chi connectivity index (χ1n) is 12.5. The van der Waals surface area contributed by atoms with E-state index in [0.29, 0.717) is 33.4 Å². The summed E-state index contributed by atoms with van der Waals surface area (Å²) in [5, 5.41) is 6.79. The molecule has 1 heterocycles. The Hall–Kier alpha value is -4.28. The van der Waals surface area contributed by atoms with Crippen molar-refractivity contribution in [2.24, 2.45) is 16.8 Å². The van der Waals surface area contributed by atoms with Gasteiger partial charge in [-0.2, -0.15) is 26.3 Å². The van der Waals surface area contributed by atoms with Gasteiger partial charge in [-0.1, -0.05) is 66.8 Å². The zero-order chi connectivity index (χ0) is 29.8. The normalized spacial score (nSPS) is 16.1. The van der Waals surface area contributed by atoms with Crippen LogP contribution in [-0.2, 0) is 6.18 Å². The highest BCUT2D eigenvalue weighted by Gasteiger charge is 2.42. The Balaban J connectivity index is 1.65. The minimum Gasteiger partial charge on any atom is -0.409 e. The standard InChI is InChI=1S/C30H25BF7N3/c1-3-19(24(4-2)29(32,33)34)18(17-40-31-38)9-8-16-39-28-23-12-7-11-22-20(14-15-26(41-28)27(22)23)21-10-5-6-13-25(21)30(35,36)37/h3-15,17,19,24,31,40H,1-2,16H2,(H,39,41)/b9-8-,18-17+. The highest BCUT2D eigenvalue weighted by atomic mass is 19.4. The van der Waals surface area contributed by atoms with Crippen molar-refractivity contribution in [1.29, 1.82) is 0 Å². The van der Waals surface area contributed by atoms with Gasteiger partial charge in [0.2, 0.25) is 0 Å². The number of aliphatic imine (C=N–C) groups is 1. The number of rotatable bonds is 10. The molecule has 3 aromatic rings. The predicted octanol–water partition coefficient (Wildman–Crippen LogP) is 8.13. The van der Waals surface area contributed by atoms with Crippen LogP contribution in [0.15, 0.2) is 109 Å². The van der Waals surface area contributed by atoms with Gasteiger partial charge < -0.3 is 14.9 Å². The van der Waals surface area contributed by atoms with E-state index in [1.165, 1.54) is 24.3 Å². The maximum atomic E-state index is 13.7. The molecule has 0 amide bonds. The van der Waals surface area contributed by atoms with E-state index in [9.17, 15) is 30.7 Å². The number of hydrogen-bond donors (Lipinski definition) is 2. The SMILES string of the molecule is C=CC(C(/C=C\C/N=C1\Nc2ccc(-c3ccccc3C(F)(F)F)c3cccc1c23)=C/NBF)C(C=C)C(F)(F)F. The van der Waals surface area contributed by atoms with Crippen LogP contribution in [0.4, 0.5) is 36.3 Å². The number of anilines is 1. The largest absolute Gasteiger partial charge is 0.441 e. The van der Waals surface area contributed by atoms with Crippen LogP contribution in [0.2, 0.25) is 0 Å². The molecule has 212 valence electrons. The summed E-state index contributed by atoms with van der Waals surface area (Å²) in [6, 6.07) is 14.0. The molecule has 3 nitrogen and oxygen atoms in total. The van der Waals surface area contributed by atoms with Crippen molar-refractivity contribution >= 4 is 30.0 Å². The number of hydrogen-bond acceptors (Lipinski definition) is 2. The van der Waals surface area contributed by atoms with Crippen LogP contribution in [0.3, 0.4) is 0 Å². The Morgan fingerprint density at radius 2 is 1.66 bits per heavy atom. The molecular formula is C30H25BF7N3. The summed E-state index contributed by atoms with van der Waals surface area (Å²) in [7, 11) is -0.976. The van der Waals surface area contributed by atoms with Gasteiger partial charge in [-0.3, -0.25) is 4.99 Å². The Kier molecular flexibility index (Phi) is 8.75. The van der Waals surface area contributed by atoms with Crippen LogP contribution < -0.4 is 10.5 Å². The van der Waals surface area contributed by atoms with Crippen molar-refractivity contribution in [1.82, 2.24) is 5.23 Å². The second-order valence-corrected chi connectivity index (χ2v) is 9.20. The zero-order valence-electron chi connectivity index (χ0n) is 21.7. The second-order valence-electron chi connectivity index (χ2n) is 9.20. The lowest BCUT2D eigenvalue weighted by Crippen LogP contribution is -2.29. The smallest absolute Gasteiger partial charge is 0.409 e. The zero-order valence-corrected chi connectivity index (χ0v) is 21.7. The number of benzene rings is 3. The second kappa shape index (κ2) is 12.1. The lowest BCUT2D eigenvalue weighted by molar-refractivity contribution is -0.167. The molecular weight excluding hydrogens is 546 g/mol. The Morgan fingerprint density at radius 3 is 2.32 bits per heavy atom. The minimum atomic E-state index is -4.58. The molecule has 2 N–H and O–H groups in total. The molecule has 2 atom stereocenters. The first-order valence-corrected chi connectivity index (χ1v) is 12.5. The fraction of sp³-hybridized carbons (Fsp3) is 0.167. The fourth-order valence-electron chi connectivity index (χ4n) is 4.95. The summed E-state index contributed by atoms with van der Waals surface area (Å²) in [4.78, 5) is 4.52. The molecule has 4 rings (SSSR count). The number of halogens is 7. The monoisotopic (exact) mass is 571 g/mol. The molecule has 1 aliphatic rings. The molecule has 0 aliphatic carbocycles. The number of nitrogens with zero attached hydrogens (tertiary/aromatic N) is 1. The summed E-state index contributed by atoms with van der Waals surface area (Å²) in [6.07, 6.45) is -3.10. The van der Waals surface area contributed by atoms with E-state index in [-0.39, 0.29) is 17.7 Å². The van der Waals surface area contributed by atoms with Crippen LogP contribution in [-0.4, -0.2) is 26.2 Å². The summed E-state index contributed by atoms with van der Waals surface area (Å²) in [5.41, 5.74) is 1.24. The molecule has 11 heteroatoms. The predicted molar refractivity (Wildman–Crippen MR) is 151 cm³/mol. The Labute approximate surface area is 233 Å². The maximum absolute atomic E-state index is 13.7. The number of alkyl halides is 6. The van der Waals surface area contributed by atoms with Crippen LogP contribution in [0.1, 0.15) is 11.1 Å². The summed E-state index contributed by atoms with van der Waals surface area (Å²) in [5.74, 6) is -2.68. The number of amidine groups is 1. The minimum absolute atomic E-state index is 0.0536. The molecule has 0 bridgehead atoms. The van der Waals surface area contributed by atoms with E-state index in [1.807, 2.05) is 0 Å². The highest BCUT2D eigenvalue weighted by molar-refractivity contribution is 6.27. The molecule has 1 aliphatic heterocycles. The van der Waals surface area contributed by atoms with Crippen molar-refractivity contribution in [2.75, 3.05) is 11.9 Å². The van der Waals surface area contributed by atoms with Gasteiger partial charge in [0.15, 0.2) is 0 Å². The van der Waals surface area contributed by atoms with E-state index in [1.54, 1.807) is 36.4 Å². The fourth-order valence-corrected chi connectivity index (χ4v) is 4.95. The first kappa shape index (κ1) is 29.7. The average Bonchev–Trinajstić information content (AvgIpc) is 3.29. The van der Waals surface area contributed by atoms with E-state index in [0.717, 1.165) is 24.4 Å². The van der Waals surface area contributed by atoms with Gasteiger partial charge in [0.1, 0.15) is 5.84 Å². The lowest BCUT2D eigenvalue weighted by atomic mass is 9.85. The molecule has 0 radical (unpaired) electrons. The van der Waals surface area contributed by atoms with Gasteiger partial charge in [0.05, 0.1) is 18.0 Å². The molecule has 0 spiro atoms. The van der Waals surface area contributed by atoms with E-state index < -0.39 is 37.4 Å². The van der Waals surface area contributed by atoms with Crippen LogP contribution in [0.5, 0.6) is 0 Å². The number of nitrogens with one attached hydrogen (secondary N) is 2. The van der Waals surface area contributed by atoms with Gasteiger partial charge in [-0.15, -0.1) is 13.2 Å². The average molecular weight is 571 g/mol.